The fourth-order valence-electron chi connectivity index (χ4n) is 1.26. The third-order valence-corrected chi connectivity index (χ3v) is 3.15. The zero-order valence-corrected chi connectivity index (χ0v) is 11.5. The predicted molar refractivity (Wildman–Crippen MR) is 72.4 cm³/mol. The van der Waals surface area contributed by atoms with Crippen LogP contribution in [-0.2, 0) is 0 Å². The van der Waals surface area contributed by atoms with E-state index in [4.69, 9.17) is 10.5 Å². The molecule has 0 spiro atoms. The van der Waals surface area contributed by atoms with Crippen molar-refractivity contribution in [3.8, 4) is 11.8 Å². The third-order valence-electron chi connectivity index (χ3n) is 1.96. The number of rotatable bonds is 3. The highest BCUT2D eigenvalue weighted by molar-refractivity contribution is 9.10. The number of benzene rings is 1. The second-order valence-electron chi connectivity index (χ2n) is 3.15. The summed E-state index contributed by atoms with van der Waals surface area (Å²) in [5, 5.41) is 0. The number of nitrogens with two attached hydrogens (primary N) is 1. The van der Waals surface area contributed by atoms with E-state index >= 15 is 0 Å². The van der Waals surface area contributed by atoms with Crippen molar-refractivity contribution in [1.82, 2.24) is 9.97 Å². The molecule has 0 bridgehead atoms. The number of thioether (sulfide) groups is 1. The van der Waals surface area contributed by atoms with Gasteiger partial charge in [0.25, 0.3) is 0 Å². The van der Waals surface area contributed by atoms with Crippen molar-refractivity contribution in [2.24, 2.45) is 0 Å². The van der Waals surface area contributed by atoms with Crippen LogP contribution in [-0.4, -0.2) is 16.2 Å². The molecule has 0 aliphatic heterocycles. The van der Waals surface area contributed by atoms with Gasteiger partial charge in [0.15, 0.2) is 0 Å². The molecule has 0 saturated heterocycles. The minimum atomic E-state index is 0.235. The first kappa shape index (κ1) is 12.2. The van der Waals surface area contributed by atoms with Crippen molar-refractivity contribution in [2.45, 2.75) is 4.90 Å². The fourth-order valence-corrected chi connectivity index (χ4v) is 2.17. The maximum Gasteiger partial charge on any atom is 0.325 e. The molecule has 0 amide bonds. The summed E-state index contributed by atoms with van der Waals surface area (Å²) >= 11 is 4.85. The molecule has 0 aliphatic carbocycles. The normalized spacial score (nSPS) is 10.2. The van der Waals surface area contributed by atoms with Gasteiger partial charge in [0.05, 0.1) is 0 Å². The minimum absolute atomic E-state index is 0.235. The Balaban J connectivity index is 2.31. The number of aromatic nitrogens is 2. The summed E-state index contributed by atoms with van der Waals surface area (Å²) in [7, 11) is 0. The minimum Gasteiger partial charge on any atom is -0.423 e. The van der Waals surface area contributed by atoms with E-state index in [0.717, 1.165) is 10.6 Å². The lowest BCUT2D eigenvalue weighted by molar-refractivity contribution is 0.432. The highest BCUT2D eigenvalue weighted by atomic mass is 79.9. The van der Waals surface area contributed by atoms with Crippen molar-refractivity contribution in [3.63, 3.8) is 0 Å². The average Bonchev–Trinajstić information content (AvgIpc) is 2.28. The molecule has 88 valence electrons. The van der Waals surface area contributed by atoms with Crippen molar-refractivity contribution in [1.29, 1.82) is 0 Å². The zero-order chi connectivity index (χ0) is 12.3. The van der Waals surface area contributed by atoms with Crippen LogP contribution in [0.4, 0.5) is 5.82 Å². The molecule has 2 aromatic rings. The molecular formula is C11H10BrN3OS. The summed E-state index contributed by atoms with van der Waals surface area (Å²) in [5.74, 6) is 1.08. The Bertz CT molecular complexity index is 516. The Hall–Kier alpha value is -1.27. The molecule has 17 heavy (non-hydrogen) atoms. The van der Waals surface area contributed by atoms with E-state index in [1.165, 1.54) is 0 Å². The highest BCUT2D eigenvalue weighted by Crippen LogP contribution is 2.30. The summed E-state index contributed by atoms with van der Waals surface area (Å²) in [4.78, 5) is 9.13. The molecule has 0 radical (unpaired) electrons. The van der Waals surface area contributed by atoms with Crippen LogP contribution in [0.15, 0.2) is 39.8 Å². The smallest absolute Gasteiger partial charge is 0.325 e. The molecule has 0 saturated carbocycles. The second-order valence-corrected chi connectivity index (χ2v) is 4.81. The van der Waals surface area contributed by atoms with Crippen LogP contribution < -0.4 is 10.5 Å². The largest absolute Gasteiger partial charge is 0.423 e. The molecule has 4 nitrogen and oxygen atoms in total. The Morgan fingerprint density at radius 2 is 2.06 bits per heavy atom. The number of hydrogen-bond acceptors (Lipinski definition) is 5. The van der Waals surface area contributed by atoms with Gasteiger partial charge in [-0.25, -0.2) is 0 Å². The van der Waals surface area contributed by atoms with Gasteiger partial charge in [0, 0.05) is 11.0 Å². The van der Waals surface area contributed by atoms with Crippen LogP contribution in [0.1, 0.15) is 0 Å². The number of nitrogen functional groups attached to an aromatic ring is 1. The molecule has 1 heterocycles. The Morgan fingerprint density at radius 1 is 1.29 bits per heavy atom. The molecule has 0 atom stereocenters. The number of nitrogens with zero attached hydrogens (tertiary/aromatic N) is 2. The molecule has 2 rings (SSSR count). The molecule has 0 fully saturated rings. The highest BCUT2D eigenvalue weighted by Gasteiger charge is 2.07. The Morgan fingerprint density at radius 3 is 2.76 bits per heavy atom. The first-order chi connectivity index (χ1) is 8.19. The molecule has 6 heteroatoms. The second kappa shape index (κ2) is 5.37. The van der Waals surface area contributed by atoms with Crippen LogP contribution in [0.2, 0.25) is 0 Å². The van der Waals surface area contributed by atoms with Gasteiger partial charge in [0.1, 0.15) is 16.2 Å². The molecule has 1 aromatic heterocycles. The predicted octanol–water partition coefficient (Wildman–Crippen LogP) is 3.34. The number of anilines is 1. The SMILES string of the molecule is CSc1ccccc1Oc1nc(N)cc(Br)n1. The standard InChI is InChI=1S/C11H10BrN3OS/c1-17-8-5-3-2-4-7(8)16-11-14-9(12)6-10(13)15-11/h2-6H,1H3,(H2,13,14,15). The zero-order valence-electron chi connectivity index (χ0n) is 9.05. The third kappa shape index (κ3) is 3.10. The van der Waals surface area contributed by atoms with Crippen LogP contribution in [0.3, 0.4) is 0 Å². The van der Waals surface area contributed by atoms with E-state index < -0.39 is 0 Å². The van der Waals surface area contributed by atoms with Gasteiger partial charge >= 0.3 is 6.01 Å². The summed E-state index contributed by atoms with van der Waals surface area (Å²) in [6.07, 6.45) is 1.98. The molecule has 1 aromatic carbocycles. The van der Waals surface area contributed by atoms with Crippen LogP contribution >= 0.6 is 27.7 Å². The van der Waals surface area contributed by atoms with Gasteiger partial charge in [-0.2, -0.15) is 9.97 Å². The van der Waals surface area contributed by atoms with Crippen LogP contribution in [0.25, 0.3) is 0 Å². The van der Waals surface area contributed by atoms with E-state index in [-0.39, 0.29) is 6.01 Å². The lowest BCUT2D eigenvalue weighted by Gasteiger charge is -2.08. The van der Waals surface area contributed by atoms with Gasteiger partial charge in [-0.15, -0.1) is 11.8 Å². The van der Waals surface area contributed by atoms with E-state index in [9.17, 15) is 0 Å². The van der Waals surface area contributed by atoms with Gasteiger partial charge < -0.3 is 10.5 Å². The number of para-hydroxylation sites is 1. The quantitative estimate of drug-likeness (QED) is 0.696. The summed E-state index contributed by atoms with van der Waals surface area (Å²) in [6, 6.07) is 9.55. The Kier molecular flexibility index (Phi) is 3.86. The van der Waals surface area contributed by atoms with E-state index in [1.807, 2.05) is 30.5 Å². The first-order valence-electron chi connectivity index (χ1n) is 4.80. The van der Waals surface area contributed by atoms with Crippen LogP contribution in [0.5, 0.6) is 11.8 Å². The van der Waals surface area contributed by atoms with Crippen molar-refractivity contribution < 1.29 is 4.74 Å². The fraction of sp³-hybridized carbons (Fsp3) is 0.0909. The van der Waals surface area contributed by atoms with Crippen molar-refractivity contribution >= 4 is 33.5 Å². The lowest BCUT2D eigenvalue weighted by atomic mass is 10.3. The first-order valence-corrected chi connectivity index (χ1v) is 6.82. The van der Waals surface area contributed by atoms with Gasteiger partial charge in [-0.1, -0.05) is 12.1 Å². The molecule has 2 N–H and O–H groups in total. The molecule has 0 aliphatic rings. The van der Waals surface area contributed by atoms with E-state index in [0.29, 0.717) is 10.4 Å². The molecular weight excluding hydrogens is 302 g/mol. The van der Waals surface area contributed by atoms with Gasteiger partial charge in [-0.05, 0) is 34.3 Å². The van der Waals surface area contributed by atoms with Crippen molar-refractivity contribution in [3.05, 3.63) is 34.9 Å². The van der Waals surface area contributed by atoms with E-state index in [1.54, 1.807) is 17.8 Å². The maximum absolute atomic E-state index is 5.62. The Labute approximate surface area is 112 Å². The van der Waals surface area contributed by atoms with Gasteiger partial charge in [-0.3, -0.25) is 0 Å². The summed E-state index contributed by atoms with van der Waals surface area (Å²) < 4.78 is 6.21. The summed E-state index contributed by atoms with van der Waals surface area (Å²) in [6.45, 7) is 0. The monoisotopic (exact) mass is 311 g/mol. The maximum atomic E-state index is 5.62. The van der Waals surface area contributed by atoms with Gasteiger partial charge in [0.2, 0.25) is 0 Å². The van der Waals surface area contributed by atoms with E-state index in [2.05, 4.69) is 25.9 Å². The topological polar surface area (TPSA) is 61.0 Å². The molecule has 0 unspecified atom stereocenters. The van der Waals surface area contributed by atoms with Crippen LogP contribution in [0, 0.1) is 0 Å². The lowest BCUT2D eigenvalue weighted by Crippen LogP contribution is -1.97. The number of halogens is 1. The average molecular weight is 312 g/mol. The number of hydrogen-bond donors (Lipinski definition) is 1. The summed E-state index contributed by atoms with van der Waals surface area (Å²) in [5.41, 5.74) is 5.62. The van der Waals surface area contributed by atoms with Crippen molar-refractivity contribution in [2.75, 3.05) is 12.0 Å². The number of ether oxygens (including phenoxy) is 1.